The van der Waals surface area contributed by atoms with Crippen molar-refractivity contribution in [2.45, 2.75) is 6.54 Å². The first kappa shape index (κ1) is 12.3. The van der Waals surface area contributed by atoms with Gasteiger partial charge in [0.05, 0.1) is 0 Å². The van der Waals surface area contributed by atoms with Gasteiger partial charge in [-0.05, 0) is 11.1 Å². The number of hydrogen-bond donors (Lipinski definition) is 1. The highest BCUT2D eigenvalue weighted by Gasteiger charge is 2.06. The molecule has 0 spiro atoms. The number of nitrogens with one attached hydrogen (secondary N) is 1. The zero-order valence-electron chi connectivity index (χ0n) is 10.2. The number of nitrogens with zero attached hydrogens (tertiary/aromatic N) is 2. The second-order valence-corrected chi connectivity index (χ2v) is 4.02. The molecule has 1 N–H and O–H groups in total. The first-order chi connectivity index (χ1) is 7.54. The van der Waals surface area contributed by atoms with Crippen molar-refractivity contribution in [3.63, 3.8) is 0 Å². The summed E-state index contributed by atoms with van der Waals surface area (Å²) in [6.45, 7) is 4.47. The topological polar surface area (TPSA) is 30.3 Å². The summed E-state index contributed by atoms with van der Waals surface area (Å²) in [4.78, 5) is 3.70. The average Bonchev–Trinajstić information content (AvgIpc) is 2.28. The number of hydrogen-bond acceptors (Lipinski definition) is 1. The highest BCUT2D eigenvalue weighted by molar-refractivity contribution is 5.75. The Kier molecular flexibility index (Phi) is 4.11. The van der Waals surface area contributed by atoms with Gasteiger partial charge in [-0.15, -0.1) is 0 Å². The highest BCUT2D eigenvalue weighted by atomic mass is 15.3. The summed E-state index contributed by atoms with van der Waals surface area (Å²) in [5.74, 6) is 0.507. The molecule has 86 valence electrons. The van der Waals surface area contributed by atoms with Gasteiger partial charge in [0.1, 0.15) is 0 Å². The van der Waals surface area contributed by atoms with E-state index in [0.717, 1.165) is 12.1 Å². The highest BCUT2D eigenvalue weighted by Crippen LogP contribution is 2.08. The summed E-state index contributed by atoms with van der Waals surface area (Å²) in [6.07, 6.45) is 1.83. The van der Waals surface area contributed by atoms with Crippen molar-refractivity contribution < 1.29 is 0 Å². The van der Waals surface area contributed by atoms with Crippen molar-refractivity contribution in [3.05, 3.63) is 42.0 Å². The predicted molar refractivity (Wildman–Crippen MR) is 69.4 cm³/mol. The molecule has 0 aliphatic heterocycles. The van der Waals surface area contributed by atoms with Gasteiger partial charge in [-0.25, -0.2) is 0 Å². The summed E-state index contributed by atoms with van der Waals surface area (Å²) in [7, 11) is 5.67. The number of benzene rings is 1. The van der Waals surface area contributed by atoms with E-state index < -0.39 is 0 Å². The van der Waals surface area contributed by atoms with Crippen LogP contribution in [0.3, 0.4) is 0 Å². The molecular weight excluding hydrogens is 198 g/mol. The van der Waals surface area contributed by atoms with Crippen LogP contribution in [0.1, 0.15) is 11.1 Å². The van der Waals surface area contributed by atoms with E-state index in [1.807, 2.05) is 44.3 Å². The molecule has 0 saturated heterocycles. The molecule has 1 aromatic rings. The van der Waals surface area contributed by atoms with Gasteiger partial charge >= 0.3 is 0 Å². The molecule has 16 heavy (non-hydrogen) atoms. The molecule has 3 nitrogen and oxygen atoms in total. The van der Waals surface area contributed by atoms with Crippen LogP contribution < -0.4 is 0 Å². The lowest BCUT2D eigenvalue weighted by Gasteiger charge is -2.25. The van der Waals surface area contributed by atoms with Crippen molar-refractivity contribution in [1.29, 1.82) is 5.41 Å². The minimum absolute atomic E-state index is 0.507. The first-order valence-corrected chi connectivity index (χ1v) is 5.23. The smallest absolute Gasteiger partial charge is 0.193 e. The summed E-state index contributed by atoms with van der Waals surface area (Å²) in [6, 6.07) is 8.21. The molecule has 0 aliphatic rings. The number of guanidine groups is 1. The van der Waals surface area contributed by atoms with Crippen LogP contribution >= 0.6 is 0 Å². The quantitative estimate of drug-likeness (QED) is 0.622. The van der Waals surface area contributed by atoms with Gasteiger partial charge in [-0.1, -0.05) is 36.9 Å². The molecule has 0 amide bonds. The third kappa shape index (κ3) is 3.12. The molecule has 3 heteroatoms. The van der Waals surface area contributed by atoms with E-state index in [9.17, 15) is 0 Å². The SMILES string of the molecule is C=Cc1ccc(CN(C)C(=N)N(C)C)cc1. The van der Waals surface area contributed by atoms with Gasteiger partial charge in [-0.3, -0.25) is 5.41 Å². The fourth-order valence-corrected chi connectivity index (χ4v) is 1.45. The molecule has 0 saturated carbocycles. The van der Waals surface area contributed by atoms with E-state index in [4.69, 9.17) is 5.41 Å². The van der Waals surface area contributed by atoms with Crippen LogP contribution in [0.2, 0.25) is 0 Å². The fraction of sp³-hybridized carbons (Fsp3) is 0.308. The van der Waals surface area contributed by atoms with Crippen LogP contribution in [0, 0.1) is 5.41 Å². The summed E-state index contributed by atoms with van der Waals surface area (Å²) in [5, 5.41) is 7.81. The molecule has 0 heterocycles. The Balaban J connectivity index is 2.66. The van der Waals surface area contributed by atoms with E-state index in [-0.39, 0.29) is 0 Å². The van der Waals surface area contributed by atoms with Crippen molar-refractivity contribution in [3.8, 4) is 0 Å². The molecule has 0 radical (unpaired) electrons. The Morgan fingerprint density at radius 3 is 2.25 bits per heavy atom. The third-order valence-corrected chi connectivity index (χ3v) is 2.42. The van der Waals surface area contributed by atoms with Crippen molar-refractivity contribution in [2.24, 2.45) is 0 Å². The molecule has 1 rings (SSSR count). The van der Waals surface area contributed by atoms with Gasteiger partial charge in [0.2, 0.25) is 0 Å². The predicted octanol–water partition coefficient (Wildman–Crippen LogP) is 2.26. The van der Waals surface area contributed by atoms with Crippen LogP contribution in [0.4, 0.5) is 0 Å². The molecule has 0 fully saturated rings. The lowest BCUT2D eigenvalue weighted by atomic mass is 10.1. The Morgan fingerprint density at radius 2 is 1.81 bits per heavy atom. The normalized spacial score (nSPS) is 9.69. The van der Waals surface area contributed by atoms with Crippen molar-refractivity contribution in [1.82, 2.24) is 9.80 Å². The second kappa shape index (κ2) is 5.35. The molecule has 1 aromatic carbocycles. The summed E-state index contributed by atoms with van der Waals surface area (Å²) < 4.78 is 0. The second-order valence-electron chi connectivity index (χ2n) is 4.02. The minimum atomic E-state index is 0.507. The van der Waals surface area contributed by atoms with E-state index in [1.54, 1.807) is 4.90 Å². The zero-order valence-corrected chi connectivity index (χ0v) is 10.2. The first-order valence-electron chi connectivity index (χ1n) is 5.23. The Morgan fingerprint density at radius 1 is 1.25 bits per heavy atom. The summed E-state index contributed by atoms with van der Waals surface area (Å²) in [5.41, 5.74) is 2.31. The van der Waals surface area contributed by atoms with Crippen molar-refractivity contribution in [2.75, 3.05) is 21.1 Å². The van der Waals surface area contributed by atoms with Crippen LogP contribution in [0.15, 0.2) is 30.8 Å². The maximum Gasteiger partial charge on any atom is 0.193 e. The molecular formula is C13H19N3. The van der Waals surface area contributed by atoms with Crippen LogP contribution in [-0.2, 0) is 6.54 Å². The average molecular weight is 217 g/mol. The van der Waals surface area contributed by atoms with E-state index in [0.29, 0.717) is 5.96 Å². The number of rotatable bonds is 3. The maximum atomic E-state index is 7.81. The largest absolute Gasteiger partial charge is 0.349 e. The fourth-order valence-electron chi connectivity index (χ4n) is 1.45. The Labute approximate surface area is 97.5 Å². The molecule has 0 unspecified atom stereocenters. The standard InChI is InChI=1S/C13H19N3/c1-5-11-6-8-12(9-7-11)10-16(4)13(14)15(2)3/h5-9,14H,1,10H2,2-4H3. The molecule has 0 aliphatic carbocycles. The van der Waals surface area contributed by atoms with Gasteiger partial charge in [0.25, 0.3) is 0 Å². The van der Waals surface area contributed by atoms with Gasteiger partial charge in [0, 0.05) is 27.7 Å². The molecule has 0 atom stereocenters. The maximum absolute atomic E-state index is 7.81. The van der Waals surface area contributed by atoms with Crippen LogP contribution in [0.5, 0.6) is 0 Å². The lowest BCUT2D eigenvalue weighted by Crippen LogP contribution is -2.36. The zero-order chi connectivity index (χ0) is 12.1. The third-order valence-electron chi connectivity index (χ3n) is 2.42. The Hall–Kier alpha value is -1.77. The molecule has 0 aromatic heterocycles. The van der Waals surface area contributed by atoms with E-state index in [1.165, 1.54) is 5.56 Å². The van der Waals surface area contributed by atoms with Gasteiger partial charge in [-0.2, -0.15) is 0 Å². The minimum Gasteiger partial charge on any atom is -0.349 e. The molecule has 0 bridgehead atoms. The van der Waals surface area contributed by atoms with Crippen LogP contribution in [0.25, 0.3) is 6.08 Å². The van der Waals surface area contributed by atoms with Crippen molar-refractivity contribution >= 4 is 12.0 Å². The van der Waals surface area contributed by atoms with Crippen LogP contribution in [-0.4, -0.2) is 36.9 Å². The lowest BCUT2D eigenvalue weighted by molar-refractivity contribution is 0.415. The van der Waals surface area contributed by atoms with E-state index >= 15 is 0 Å². The van der Waals surface area contributed by atoms with Gasteiger partial charge in [0.15, 0.2) is 5.96 Å². The van der Waals surface area contributed by atoms with Gasteiger partial charge < -0.3 is 9.80 Å². The monoisotopic (exact) mass is 217 g/mol. The van der Waals surface area contributed by atoms with E-state index in [2.05, 4.69) is 18.7 Å². The summed E-state index contributed by atoms with van der Waals surface area (Å²) >= 11 is 0. The Bertz CT molecular complexity index is 365.